The Morgan fingerprint density at radius 3 is 2.72 bits per heavy atom. The third kappa shape index (κ3) is 5.77. The average Bonchev–Trinajstić information content (AvgIpc) is 3.20. The van der Waals surface area contributed by atoms with Gasteiger partial charge in [0, 0.05) is 30.4 Å². The van der Waals surface area contributed by atoms with Crippen LogP contribution in [0, 0.1) is 12.8 Å². The summed E-state index contributed by atoms with van der Waals surface area (Å²) in [6.07, 6.45) is 2.09. The Morgan fingerprint density at radius 2 is 2.03 bits per heavy atom. The lowest BCUT2D eigenvalue weighted by Gasteiger charge is -2.16. The van der Waals surface area contributed by atoms with Gasteiger partial charge in [0.25, 0.3) is 0 Å². The van der Waals surface area contributed by atoms with Crippen molar-refractivity contribution < 1.29 is 4.79 Å². The fourth-order valence-corrected chi connectivity index (χ4v) is 2.98. The van der Waals surface area contributed by atoms with Crippen molar-refractivity contribution >= 4 is 29.4 Å². The fraction of sp³-hybridized carbons (Fsp3) is 0.500. The van der Waals surface area contributed by atoms with Crippen molar-refractivity contribution in [3.8, 4) is 0 Å². The van der Waals surface area contributed by atoms with Crippen molar-refractivity contribution in [2.75, 3.05) is 35.6 Å². The van der Waals surface area contributed by atoms with Crippen molar-refractivity contribution in [3.63, 3.8) is 0 Å². The van der Waals surface area contributed by atoms with Gasteiger partial charge in [-0.2, -0.15) is 15.0 Å². The first kappa shape index (κ1) is 20.8. The molecule has 0 radical (unpaired) electrons. The highest BCUT2D eigenvalue weighted by Gasteiger charge is 2.17. The van der Waals surface area contributed by atoms with Gasteiger partial charge in [0.05, 0.1) is 0 Å². The lowest BCUT2D eigenvalue weighted by molar-refractivity contribution is 0.100. The Balaban J connectivity index is 1.85. The van der Waals surface area contributed by atoms with Crippen molar-refractivity contribution in [2.45, 2.75) is 39.7 Å². The van der Waals surface area contributed by atoms with E-state index in [1.165, 1.54) is 0 Å². The Kier molecular flexibility index (Phi) is 6.82. The first-order valence-electron chi connectivity index (χ1n) is 10.1. The number of aromatic nitrogens is 3. The third-order valence-corrected chi connectivity index (χ3v) is 5.10. The second-order valence-electron chi connectivity index (χ2n) is 7.55. The molecular weight excluding hydrogens is 368 g/mol. The van der Waals surface area contributed by atoms with E-state index in [1.54, 1.807) is 12.1 Å². The van der Waals surface area contributed by atoms with E-state index in [-0.39, 0.29) is 6.04 Å². The lowest BCUT2D eigenvalue weighted by Crippen LogP contribution is -2.24. The molecule has 156 valence electrons. The third-order valence-electron chi connectivity index (χ3n) is 5.10. The number of hydrogen-bond acceptors (Lipinski definition) is 8. The maximum absolute atomic E-state index is 11.5. The van der Waals surface area contributed by atoms with Gasteiger partial charge < -0.3 is 27.0 Å². The minimum Gasteiger partial charge on any atom is -0.366 e. The smallest absolute Gasteiger partial charge is 0.248 e. The van der Waals surface area contributed by atoms with Crippen LogP contribution in [0.5, 0.6) is 0 Å². The van der Waals surface area contributed by atoms with E-state index in [0.717, 1.165) is 43.7 Å². The highest BCUT2D eigenvalue weighted by molar-refractivity contribution is 5.94. The zero-order valence-electron chi connectivity index (χ0n) is 17.2. The number of hydrogen-bond donors (Lipinski definition) is 5. The molecule has 1 aromatic heterocycles. The summed E-state index contributed by atoms with van der Waals surface area (Å²) in [7, 11) is 0. The number of carbonyl (C=O) groups is 1. The van der Waals surface area contributed by atoms with Crippen LogP contribution in [-0.2, 0) is 0 Å². The molecule has 29 heavy (non-hydrogen) atoms. The molecule has 1 unspecified atom stereocenters. The quantitative estimate of drug-likeness (QED) is 0.435. The summed E-state index contributed by atoms with van der Waals surface area (Å²) in [5.41, 5.74) is 7.53. The minimum atomic E-state index is -0.476. The number of aryl methyl sites for hydroxylation is 1. The number of amides is 1. The Bertz CT molecular complexity index is 850. The number of rotatable bonds is 9. The molecule has 0 spiro atoms. The molecule has 1 aliphatic rings. The highest BCUT2D eigenvalue weighted by Crippen LogP contribution is 2.22. The predicted molar refractivity (Wildman–Crippen MR) is 116 cm³/mol. The minimum absolute atomic E-state index is 0.285. The normalized spacial score (nSPS) is 17.0. The van der Waals surface area contributed by atoms with Crippen LogP contribution in [0.4, 0.5) is 23.5 Å². The van der Waals surface area contributed by atoms with E-state index in [0.29, 0.717) is 29.3 Å². The van der Waals surface area contributed by atoms with Crippen LogP contribution in [0.3, 0.4) is 0 Å². The van der Waals surface area contributed by atoms with Gasteiger partial charge in [-0.05, 0) is 43.5 Å². The molecule has 1 amide bonds. The molecule has 3 rings (SSSR count). The average molecular weight is 399 g/mol. The van der Waals surface area contributed by atoms with Crippen LogP contribution in [0.2, 0.25) is 0 Å². The molecule has 0 bridgehead atoms. The molecule has 9 heteroatoms. The van der Waals surface area contributed by atoms with Gasteiger partial charge in [-0.3, -0.25) is 4.79 Å². The summed E-state index contributed by atoms with van der Waals surface area (Å²) in [5, 5.41) is 13.2. The number of carbonyl (C=O) groups excluding carboxylic acids is 1. The summed E-state index contributed by atoms with van der Waals surface area (Å²) in [6, 6.07) is 5.54. The SMILES string of the molecule is CCC(C)CNc1nc(Nc2cc(C(N)=O)ccc2C)nc(N[C@H]2CCNC2)n1. The maximum Gasteiger partial charge on any atom is 0.248 e. The number of nitrogens with two attached hydrogens (primary N) is 1. The zero-order chi connectivity index (χ0) is 20.8. The first-order valence-corrected chi connectivity index (χ1v) is 10.1. The van der Waals surface area contributed by atoms with Crippen LogP contribution in [0.25, 0.3) is 0 Å². The summed E-state index contributed by atoms with van der Waals surface area (Å²) in [5.74, 6) is 1.47. The summed E-state index contributed by atoms with van der Waals surface area (Å²) >= 11 is 0. The van der Waals surface area contributed by atoms with Crippen molar-refractivity contribution in [1.82, 2.24) is 20.3 Å². The zero-order valence-corrected chi connectivity index (χ0v) is 17.2. The van der Waals surface area contributed by atoms with E-state index in [1.807, 2.05) is 13.0 Å². The molecule has 2 aromatic rings. The van der Waals surface area contributed by atoms with Gasteiger partial charge >= 0.3 is 0 Å². The molecule has 0 aliphatic carbocycles. The number of nitrogens with zero attached hydrogens (tertiary/aromatic N) is 3. The van der Waals surface area contributed by atoms with E-state index in [2.05, 4.69) is 50.1 Å². The van der Waals surface area contributed by atoms with Gasteiger partial charge in [-0.15, -0.1) is 0 Å². The largest absolute Gasteiger partial charge is 0.366 e. The van der Waals surface area contributed by atoms with E-state index in [9.17, 15) is 4.79 Å². The van der Waals surface area contributed by atoms with E-state index >= 15 is 0 Å². The van der Waals surface area contributed by atoms with Crippen LogP contribution < -0.4 is 27.0 Å². The van der Waals surface area contributed by atoms with Crippen LogP contribution in [0.15, 0.2) is 18.2 Å². The Labute approximate surface area is 171 Å². The first-order chi connectivity index (χ1) is 13.9. The van der Waals surface area contributed by atoms with Crippen LogP contribution in [0.1, 0.15) is 42.6 Å². The van der Waals surface area contributed by atoms with Gasteiger partial charge in [0.2, 0.25) is 23.8 Å². The highest BCUT2D eigenvalue weighted by atomic mass is 16.1. The Hall–Kier alpha value is -2.94. The monoisotopic (exact) mass is 398 g/mol. The van der Waals surface area contributed by atoms with Gasteiger partial charge in [-0.25, -0.2) is 0 Å². The number of anilines is 4. The molecule has 0 saturated carbocycles. The molecule has 9 nitrogen and oxygen atoms in total. The van der Waals surface area contributed by atoms with E-state index < -0.39 is 5.91 Å². The van der Waals surface area contributed by atoms with Crippen molar-refractivity contribution in [3.05, 3.63) is 29.3 Å². The molecule has 1 aliphatic heterocycles. The summed E-state index contributed by atoms with van der Waals surface area (Å²) in [4.78, 5) is 25.1. The number of benzene rings is 1. The van der Waals surface area contributed by atoms with Crippen molar-refractivity contribution in [1.29, 1.82) is 0 Å². The van der Waals surface area contributed by atoms with Gasteiger partial charge in [0.1, 0.15) is 0 Å². The topological polar surface area (TPSA) is 130 Å². The molecule has 1 aromatic carbocycles. The molecule has 1 fully saturated rings. The number of primary amides is 1. The second-order valence-corrected chi connectivity index (χ2v) is 7.55. The Morgan fingerprint density at radius 1 is 1.28 bits per heavy atom. The molecule has 2 atom stereocenters. The lowest BCUT2D eigenvalue weighted by atomic mass is 10.1. The number of nitrogens with one attached hydrogen (secondary N) is 4. The predicted octanol–water partition coefficient (Wildman–Crippen LogP) is 2.25. The maximum atomic E-state index is 11.5. The van der Waals surface area contributed by atoms with Crippen molar-refractivity contribution in [2.24, 2.45) is 11.7 Å². The van der Waals surface area contributed by atoms with Gasteiger partial charge in [0.15, 0.2) is 0 Å². The van der Waals surface area contributed by atoms with Crippen LogP contribution in [-0.4, -0.2) is 46.5 Å². The standard InChI is InChI=1S/C20H30N8O/c1-4-12(2)10-23-18-26-19(24-15-7-8-22-11-15)28-20(27-18)25-16-9-14(17(21)29)6-5-13(16)3/h5-6,9,12,15,22H,4,7-8,10-11H2,1-3H3,(H2,21,29)(H3,23,24,25,26,27,28)/t12?,15-/m0/s1. The second kappa shape index (κ2) is 9.51. The summed E-state index contributed by atoms with van der Waals surface area (Å²) in [6.45, 7) is 8.91. The van der Waals surface area contributed by atoms with E-state index in [4.69, 9.17) is 5.73 Å². The fourth-order valence-electron chi connectivity index (χ4n) is 2.98. The van der Waals surface area contributed by atoms with Crippen LogP contribution >= 0.6 is 0 Å². The summed E-state index contributed by atoms with van der Waals surface area (Å²) < 4.78 is 0. The molecular formula is C20H30N8O. The molecule has 1 saturated heterocycles. The molecule has 2 heterocycles. The molecule has 6 N–H and O–H groups in total. The van der Waals surface area contributed by atoms with Gasteiger partial charge in [-0.1, -0.05) is 26.3 Å².